The summed E-state index contributed by atoms with van der Waals surface area (Å²) < 4.78 is 1.24. The first-order valence-electron chi connectivity index (χ1n) is 5.98. The maximum Gasteiger partial charge on any atom is 0.150 e. The molecule has 1 heterocycles. The quantitative estimate of drug-likeness (QED) is 0.424. The van der Waals surface area contributed by atoms with Crippen LogP contribution in [0.25, 0.3) is 15.7 Å². The third kappa shape index (κ3) is 2.64. The molecule has 0 fully saturated rings. The molecule has 2 heteroatoms. The molecule has 0 unspecified atom stereocenters. The van der Waals surface area contributed by atoms with Gasteiger partial charge in [-0.05, 0) is 17.9 Å². The van der Waals surface area contributed by atoms with Crippen LogP contribution in [0.15, 0.2) is 35.7 Å². The number of allylic oxidation sites excluding steroid dienone is 2. The molecule has 0 bridgehead atoms. The molecule has 17 heavy (non-hydrogen) atoms. The van der Waals surface area contributed by atoms with Crippen LogP contribution in [0.4, 0.5) is 0 Å². The standard InChI is InChI=1S/C15H16OS/c1-2-3-4-7-12(10-16)14-11-17-15-9-6-5-8-13(14)15/h5-11H,2-4H2,1H3/b12-7+. The molecule has 1 aromatic carbocycles. The van der Waals surface area contributed by atoms with Gasteiger partial charge in [0, 0.05) is 21.2 Å². The van der Waals surface area contributed by atoms with Gasteiger partial charge in [-0.1, -0.05) is 44.0 Å². The predicted octanol–water partition coefficient (Wildman–Crippen LogP) is 4.67. The van der Waals surface area contributed by atoms with Crippen molar-refractivity contribution in [2.75, 3.05) is 0 Å². The second-order valence-electron chi connectivity index (χ2n) is 4.07. The highest BCUT2D eigenvalue weighted by molar-refractivity contribution is 7.17. The number of rotatable bonds is 5. The van der Waals surface area contributed by atoms with Gasteiger partial charge in [-0.2, -0.15) is 0 Å². The Morgan fingerprint density at radius 3 is 2.94 bits per heavy atom. The Kier molecular flexibility index (Phi) is 4.10. The predicted molar refractivity (Wildman–Crippen MR) is 75.4 cm³/mol. The summed E-state index contributed by atoms with van der Waals surface area (Å²) in [6, 6.07) is 8.23. The van der Waals surface area contributed by atoms with Crippen molar-refractivity contribution in [2.24, 2.45) is 0 Å². The number of carbonyl (C=O) groups is 1. The zero-order valence-electron chi connectivity index (χ0n) is 9.98. The summed E-state index contributed by atoms with van der Waals surface area (Å²) in [7, 11) is 0. The summed E-state index contributed by atoms with van der Waals surface area (Å²) in [6.07, 6.45) is 6.32. The lowest BCUT2D eigenvalue weighted by Crippen LogP contribution is -1.84. The molecular weight excluding hydrogens is 228 g/mol. The van der Waals surface area contributed by atoms with Gasteiger partial charge in [0.1, 0.15) is 6.29 Å². The van der Waals surface area contributed by atoms with Crippen molar-refractivity contribution in [1.29, 1.82) is 0 Å². The second-order valence-corrected chi connectivity index (χ2v) is 4.98. The van der Waals surface area contributed by atoms with E-state index in [1.54, 1.807) is 11.3 Å². The van der Waals surface area contributed by atoms with E-state index in [2.05, 4.69) is 30.5 Å². The molecular formula is C15H16OS. The van der Waals surface area contributed by atoms with Crippen LogP contribution < -0.4 is 0 Å². The monoisotopic (exact) mass is 244 g/mol. The molecule has 1 aromatic heterocycles. The van der Waals surface area contributed by atoms with Crippen LogP contribution in [-0.2, 0) is 4.79 Å². The molecule has 2 aromatic rings. The largest absolute Gasteiger partial charge is 0.298 e. The number of unbranched alkanes of at least 4 members (excludes halogenated alkanes) is 2. The second kappa shape index (κ2) is 5.78. The highest BCUT2D eigenvalue weighted by Crippen LogP contribution is 2.30. The minimum absolute atomic E-state index is 0.830. The number of benzene rings is 1. The van der Waals surface area contributed by atoms with Gasteiger partial charge in [0.05, 0.1) is 0 Å². The van der Waals surface area contributed by atoms with Crippen molar-refractivity contribution in [3.05, 3.63) is 41.3 Å². The lowest BCUT2D eigenvalue weighted by Gasteiger charge is -1.98. The maximum atomic E-state index is 11.2. The average molecular weight is 244 g/mol. The first-order chi connectivity index (χ1) is 8.36. The number of hydrogen-bond donors (Lipinski definition) is 0. The normalized spacial score (nSPS) is 11.9. The molecule has 0 saturated heterocycles. The molecule has 0 aliphatic rings. The molecule has 0 atom stereocenters. The molecule has 0 aliphatic heterocycles. The number of fused-ring (bicyclic) bond motifs is 1. The molecule has 2 rings (SSSR count). The Morgan fingerprint density at radius 2 is 2.18 bits per heavy atom. The molecule has 0 N–H and O–H groups in total. The fourth-order valence-electron chi connectivity index (χ4n) is 1.88. The van der Waals surface area contributed by atoms with E-state index in [9.17, 15) is 4.79 Å². The molecule has 1 nitrogen and oxygen atoms in total. The van der Waals surface area contributed by atoms with E-state index >= 15 is 0 Å². The SMILES string of the molecule is CCCC/C=C(\C=O)c1csc2ccccc12. The first-order valence-corrected chi connectivity index (χ1v) is 6.86. The van der Waals surface area contributed by atoms with Gasteiger partial charge in [-0.3, -0.25) is 4.79 Å². The summed E-state index contributed by atoms with van der Waals surface area (Å²) >= 11 is 1.70. The van der Waals surface area contributed by atoms with E-state index in [4.69, 9.17) is 0 Å². The van der Waals surface area contributed by atoms with Gasteiger partial charge < -0.3 is 0 Å². The molecule has 0 spiro atoms. The molecule has 0 amide bonds. The van der Waals surface area contributed by atoms with E-state index in [0.717, 1.165) is 36.7 Å². The summed E-state index contributed by atoms with van der Waals surface area (Å²) in [5.74, 6) is 0. The maximum absolute atomic E-state index is 11.2. The summed E-state index contributed by atoms with van der Waals surface area (Å²) in [6.45, 7) is 2.16. The number of thiophene rings is 1. The summed E-state index contributed by atoms with van der Waals surface area (Å²) in [4.78, 5) is 11.2. The van der Waals surface area contributed by atoms with E-state index < -0.39 is 0 Å². The highest BCUT2D eigenvalue weighted by Gasteiger charge is 2.07. The topological polar surface area (TPSA) is 17.1 Å². The zero-order chi connectivity index (χ0) is 12.1. The van der Waals surface area contributed by atoms with Crippen LogP contribution in [0.3, 0.4) is 0 Å². The van der Waals surface area contributed by atoms with Crippen LogP contribution in [0.5, 0.6) is 0 Å². The lowest BCUT2D eigenvalue weighted by molar-refractivity contribution is -0.103. The Morgan fingerprint density at radius 1 is 1.35 bits per heavy atom. The van der Waals surface area contributed by atoms with E-state index in [1.165, 1.54) is 10.1 Å². The Hall–Kier alpha value is -1.41. The number of hydrogen-bond acceptors (Lipinski definition) is 2. The minimum atomic E-state index is 0.830. The lowest BCUT2D eigenvalue weighted by atomic mass is 10.0. The van der Waals surface area contributed by atoms with Crippen molar-refractivity contribution in [2.45, 2.75) is 26.2 Å². The van der Waals surface area contributed by atoms with Crippen molar-refractivity contribution in [3.63, 3.8) is 0 Å². The van der Waals surface area contributed by atoms with Gasteiger partial charge in [0.25, 0.3) is 0 Å². The van der Waals surface area contributed by atoms with Crippen molar-refractivity contribution >= 4 is 33.3 Å². The van der Waals surface area contributed by atoms with Gasteiger partial charge in [-0.25, -0.2) is 0 Å². The van der Waals surface area contributed by atoms with E-state index in [0.29, 0.717) is 0 Å². The van der Waals surface area contributed by atoms with E-state index in [-0.39, 0.29) is 0 Å². The summed E-state index contributed by atoms with van der Waals surface area (Å²) in [5.41, 5.74) is 1.91. The van der Waals surface area contributed by atoms with Gasteiger partial charge in [0.15, 0.2) is 0 Å². The van der Waals surface area contributed by atoms with Gasteiger partial charge >= 0.3 is 0 Å². The van der Waals surface area contributed by atoms with Crippen molar-refractivity contribution in [1.82, 2.24) is 0 Å². The molecule has 88 valence electrons. The van der Waals surface area contributed by atoms with Crippen LogP contribution >= 0.6 is 11.3 Å². The fourth-order valence-corrected chi connectivity index (χ4v) is 2.85. The van der Waals surface area contributed by atoms with Gasteiger partial charge in [0.2, 0.25) is 0 Å². The minimum Gasteiger partial charge on any atom is -0.298 e. The Balaban J connectivity index is 2.36. The molecule has 0 radical (unpaired) electrons. The van der Waals surface area contributed by atoms with E-state index in [1.807, 2.05) is 12.1 Å². The fraction of sp³-hybridized carbons (Fsp3) is 0.267. The molecule has 0 aliphatic carbocycles. The third-order valence-corrected chi connectivity index (χ3v) is 3.80. The number of aldehydes is 1. The Bertz CT molecular complexity index is 537. The third-order valence-electron chi connectivity index (χ3n) is 2.84. The first kappa shape index (κ1) is 12.1. The van der Waals surface area contributed by atoms with Crippen LogP contribution in [0.1, 0.15) is 31.7 Å². The highest BCUT2D eigenvalue weighted by atomic mass is 32.1. The van der Waals surface area contributed by atoms with Crippen molar-refractivity contribution in [3.8, 4) is 0 Å². The van der Waals surface area contributed by atoms with Crippen LogP contribution in [0, 0.1) is 0 Å². The number of carbonyl (C=O) groups excluding carboxylic acids is 1. The van der Waals surface area contributed by atoms with Crippen LogP contribution in [0.2, 0.25) is 0 Å². The zero-order valence-corrected chi connectivity index (χ0v) is 10.8. The Labute approximate surface area is 106 Å². The average Bonchev–Trinajstić information content (AvgIpc) is 2.79. The summed E-state index contributed by atoms with van der Waals surface area (Å²) in [5, 5.41) is 3.27. The van der Waals surface area contributed by atoms with Gasteiger partial charge in [-0.15, -0.1) is 11.3 Å². The smallest absolute Gasteiger partial charge is 0.150 e. The molecule has 0 saturated carbocycles. The van der Waals surface area contributed by atoms with Crippen molar-refractivity contribution < 1.29 is 4.79 Å². The van der Waals surface area contributed by atoms with Crippen LogP contribution in [-0.4, -0.2) is 6.29 Å².